The molecule has 0 amide bonds. The number of nitrogens with two attached hydrogens (primary N) is 2. The molecule has 1 heterocycles. The highest BCUT2D eigenvalue weighted by molar-refractivity contribution is 5.88. The van der Waals surface area contributed by atoms with Crippen LogP contribution in [0.5, 0.6) is 23.0 Å². The molecule has 0 atom stereocenters. The number of nitrogen functional groups attached to an aromatic ring is 2. The number of nitrogens with one attached hydrogen (secondary N) is 1. The summed E-state index contributed by atoms with van der Waals surface area (Å²) in [7, 11) is 0. The Morgan fingerprint density at radius 2 is 1.17 bits per heavy atom. The molecule has 0 radical (unpaired) electrons. The van der Waals surface area contributed by atoms with Crippen LogP contribution in [-0.4, -0.2) is 41.5 Å². The van der Waals surface area contributed by atoms with Crippen LogP contribution in [0.2, 0.25) is 0 Å². The Morgan fingerprint density at radius 3 is 1.64 bits per heavy atom. The van der Waals surface area contributed by atoms with E-state index >= 15 is 0 Å². The van der Waals surface area contributed by atoms with Gasteiger partial charge >= 0.3 is 5.97 Å². The number of aromatic nitrogens is 2. The number of benzene rings is 4. The fraction of sp³-hybridized carbons (Fsp3) is 0. The van der Waals surface area contributed by atoms with E-state index in [1.54, 1.807) is 24.3 Å². The second-order valence-corrected chi connectivity index (χ2v) is 7.51. The number of imidazole rings is 1. The minimum atomic E-state index is -1.18. The highest BCUT2D eigenvalue weighted by Crippen LogP contribution is 2.28. The number of para-hydroxylation sites is 4. The summed E-state index contributed by atoms with van der Waals surface area (Å²) < 4.78 is 0. The number of nitrogens with zero attached hydrogens (tertiary/aromatic N) is 1. The Kier molecular flexibility index (Phi) is 7.83. The largest absolute Gasteiger partial charge is 0.508 e. The zero-order chi connectivity index (χ0) is 26.2. The fourth-order valence-corrected chi connectivity index (χ4v) is 3.05. The number of carbonyl (C=O) groups is 1. The van der Waals surface area contributed by atoms with Crippen LogP contribution in [0.15, 0.2) is 84.9 Å². The number of aromatic carboxylic acids is 1. The van der Waals surface area contributed by atoms with Gasteiger partial charge in [0.05, 0.1) is 28.0 Å². The maximum absolute atomic E-state index is 10.3. The Hall–Kier alpha value is -5.38. The summed E-state index contributed by atoms with van der Waals surface area (Å²) in [6.45, 7) is 0. The number of rotatable bonds is 2. The molecule has 10 heteroatoms. The molecule has 0 fully saturated rings. The molecule has 4 aromatic carbocycles. The lowest BCUT2D eigenvalue weighted by Crippen LogP contribution is -1.94. The minimum Gasteiger partial charge on any atom is -0.508 e. The van der Waals surface area contributed by atoms with Gasteiger partial charge in [0.25, 0.3) is 0 Å². The molecule has 0 bridgehead atoms. The second kappa shape index (κ2) is 11.2. The van der Waals surface area contributed by atoms with Crippen molar-refractivity contribution in [1.29, 1.82) is 0 Å². The number of phenolic OH excluding ortho intramolecular Hbond substituents is 4. The summed E-state index contributed by atoms with van der Waals surface area (Å²) in [4.78, 5) is 17.8. The standard InChI is InChI=1S/C13H10N2O2.C7H6O4.C6H8N2/c16-9-5-8(6-10(17)7-9)13-14-11-3-1-2-4-12(11)15-13;8-5-1-4(7(10)11)2-6(9)3-5;7-5-3-1-2-4-6(5)8/h1-7,16-17H,(H,14,15);1-3,8-9H,(H,10,11);1-4H,7-8H2. The first-order valence-corrected chi connectivity index (χ1v) is 10.5. The van der Waals surface area contributed by atoms with Gasteiger partial charge in [-0.3, -0.25) is 0 Å². The number of carboxylic acid groups (broad SMARTS) is 1. The number of fused-ring (bicyclic) bond motifs is 1. The van der Waals surface area contributed by atoms with E-state index in [1.807, 2.05) is 36.4 Å². The summed E-state index contributed by atoms with van der Waals surface area (Å²) in [5.41, 5.74) is 14.4. The van der Waals surface area contributed by atoms with E-state index in [2.05, 4.69) is 9.97 Å². The van der Waals surface area contributed by atoms with Gasteiger partial charge in [-0.15, -0.1) is 0 Å². The predicted octanol–water partition coefficient (Wildman–Crippen LogP) is 4.29. The first kappa shape index (κ1) is 25.2. The smallest absolute Gasteiger partial charge is 0.335 e. The van der Waals surface area contributed by atoms with Crippen LogP contribution in [0, 0.1) is 0 Å². The van der Waals surface area contributed by atoms with E-state index in [0.717, 1.165) is 29.2 Å². The SMILES string of the molecule is Nc1ccccc1N.O=C(O)c1cc(O)cc(O)c1.Oc1cc(O)cc(-c2nc3ccccc3[nH]2)c1. The Balaban J connectivity index is 0.000000164. The molecule has 184 valence electrons. The molecule has 0 saturated carbocycles. The number of phenols is 4. The Labute approximate surface area is 205 Å². The monoisotopic (exact) mass is 488 g/mol. The molecule has 0 aliphatic rings. The van der Waals surface area contributed by atoms with Crippen molar-refractivity contribution < 1.29 is 30.3 Å². The Bertz CT molecular complexity index is 1400. The van der Waals surface area contributed by atoms with Gasteiger partial charge in [0.15, 0.2) is 0 Å². The van der Waals surface area contributed by atoms with Crippen molar-refractivity contribution >= 4 is 28.4 Å². The van der Waals surface area contributed by atoms with Gasteiger partial charge in [0.2, 0.25) is 0 Å². The van der Waals surface area contributed by atoms with Gasteiger partial charge in [-0.1, -0.05) is 24.3 Å². The molecular weight excluding hydrogens is 464 g/mol. The first-order chi connectivity index (χ1) is 17.1. The van der Waals surface area contributed by atoms with Crippen LogP contribution in [0.1, 0.15) is 10.4 Å². The molecule has 0 aliphatic heterocycles. The number of aromatic hydroxyl groups is 4. The molecule has 1 aromatic heterocycles. The zero-order valence-corrected chi connectivity index (χ0v) is 18.8. The first-order valence-electron chi connectivity index (χ1n) is 10.5. The summed E-state index contributed by atoms with van der Waals surface area (Å²) >= 11 is 0. The summed E-state index contributed by atoms with van der Waals surface area (Å²) in [6, 6.07) is 22.5. The van der Waals surface area contributed by atoms with Crippen molar-refractivity contribution in [2.24, 2.45) is 0 Å². The molecule has 0 spiro atoms. The average Bonchev–Trinajstić information content (AvgIpc) is 3.25. The third-order valence-electron chi connectivity index (χ3n) is 4.71. The summed E-state index contributed by atoms with van der Waals surface area (Å²) in [6.07, 6.45) is 0. The second-order valence-electron chi connectivity index (χ2n) is 7.51. The fourth-order valence-electron chi connectivity index (χ4n) is 3.05. The van der Waals surface area contributed by atoms with E-state index in [0.29, 0.717) is 22.8 Å². The third kappa shape index (κ3) is 6.81. The minimum absolute atomic E-state index is 0.0143. The number of anilines is 2. The van der Waals surface area contributed by atoms with Gasteiger partial charge < -0.3 is 42.0 Å². The van der Waals surface area contributed by atoms with Crippen molar-refractivity contribution in [1.82, 2.24) is 9.97 Å². The van der Waals surface area contributed by atoms with Gasteiger partial charge in [-0.25, -0.2) is 9.78 Å². The van der Waals surface area contributed by atoms with Crippen molar-refractivity contribution in [3.8, 4) is 34.4 Å². The molecule has 0 unspecified atom stereocenters. The maximum Gasteiger partial charge on any atom is 0.335 e. The predicted molar refractivity (Wildman–Crippen MR) is 137 cm³/mol. The lowest BCUT2D eigenvalue weighted by Gasteiger charge is -1.99. The molecule has 36 heavy (non-hydrogen) atoms. The molecule has 5 rings (SSSR count). The number of hydrogen-bond acceptors (Lipinski definition) is 8. The molecule has 10 nitrogen and oxygen atoms in total. The van der Waals surface area contributed by atoms with Crippen molar-refractivity contribution in [3.63, 3.8) is 0 Å². The van der Waals surface area contributed by atoms with Gasteiger partial charge in [-0.2, -0.15) is 0 Å². The van der Waals surface area contributed by atoms with E-state index in [1.165, 1.54) is 6.07 Å². The molecule has 10 N–H and O–H groups in total. The zero-order valence-electron chi connectivity index (χ0n) is 18.8. The summed E-state index contributed by atoms with van der Waals surface area (Å²) in [5, 5.41) is 44.9. The number of aromatic amines is 1. The molecule has 5 aromatic rings. The lowest BCUT2D eigenvalue weighted by atomic mass is 10.2. The maximum atomic E-state index is 10.3. The van der Waals surface area contributed by atoms with E-state index in [4.69, 9.17) is 26.8 Å². The molecular formula is C26H24N4O6. The van der Waals surface area contributed by atoms with Crippen LogP contribution in [-0.2, 0) is 0 Å². The van der Waals surface area contributed by atoms with Gasteiger partial charge in [0.1, 0.15) is 28.8 Å². The van der Waals surface area contributed by atoms with Gasteiger partial charge in [0, 0.05) is 17.7 Å². The number of carboxylic acids is 1. The normalized spacial score (nSPS) is 10.0. The molecule has 0 aliphatic carbocycles. The topological polar surface area (TPSA) is 199 Å². The summed E-state index contributed by atoms with van der Waals surface area (Å²) in [5.74, 6) is -1.06. The van der Waals surface area contributed by atoms with Crippen molar-refractivity contribution in [2.45, 2.75) is 0 Å². The quantitative estimate of drug-likeness (QED) is 0.167. The van der Waals surface area contributed by atoms with Crippen molar-refractivity contribution in [3.05, 3.63) is 90.5 Å². The van der Waals surface area contributed by atoms with Crippen LogP contribution in [0.3, 0.4) is 0 Å². The van der Waals surface area contributed by atoms with Crippen LogP contribution < -0.4 is 11.5 Å². The van der Waals surface area contributed by atoms with Gasteiger partial charge in [-0.05, 0) is 48.5 Å². The van der Waals surface area contributed by atoms with E-state index < -0.39 is 5.97 Å². The van der Waals surface area contributed by atoms with E-state index in [9.17, 15) is 15.0 Å². The van der Waals surface area contributed by atoms with Crippen LogP contribution >= 0.6 is 0 Å². The van der Waals surface area contributed by atoms with Crippen LogP contribution in [0.4, 0.5) is 11.4 Å². The number of H-pyrrole nitrogens is 1. The molecule has 0 saturated heterocycles. The van der Waals surface area contributed by atoms with Crippen molar-refractivity contribution in [2.75, 3.05) is 11.5 Å². The highest BCUT2D eigenvalue weighted by Gasteiger charge is 2.07. The van der Waals surface area contributed by atoms with Crippen LogP contribution in [0.25, 0.3) is 22.4 Å². The lowest BCUT2D eigenvalue weighted by molar-refractivity contribution is 0.0696. The number of hydrogen-bond donors (Lipinski definition) is 8. The highest BCUT2D eigenvalue weighted by atomic mass is 16.4. The Morgan fingerprint density at radius 1 is 0.694 bits per heavy atom. The third-order valence-corrected chi connectivity index (χ3v) is 4.71. The average molecular weight is 489 g/mol. The van der Waals surface area contributed by atoms with E-state index in [-0.39, 0.29) is 28.6 Å².